The SMILES string of the molecule is Cc1occc1C(O)c1ccc2ncccc2c1. The van der Waals surface area contributed by atoms with Crippen LogP contribution in [0, 0.1) is 6.92 Å². The summed E-state index contributed by atoms with van der Waals surface area (Å²) in [6, 6.07) is 11.4. The maximum absolute atomic E-state index is 10.3. The molecule has 3 aromatic rings. The molecule has 0 radical (unpaired) electrons. The third-order valence-electron chi connectivity index (χ3n) is 3.14. The molecule has 0 spiro atoms. The number of benzene rings is 1. The lowest BCUT2D eigenvalue weighted by molar-refractivity contribution is 0.218. The number of aromatic nitrogens is 1. The number of nitrogens with zero attached hydrogens (tertiary/aromatic N) is 1. The average Bonchev–Trinajstić information content (AvgIpc) is 2.83. The van der Waals surface area contributed by atoms with Crippen molar-refractivity contribution in [3.8, 4) is 0 Å². The summed E-state index contributed by atoms with van der Waals surface area (Å²) in [5.41, 5.74) is 2.58. The number of aryl methyl sites for hydroxylation is 1. The Balaban J connectivity index is 2.07. The quantitative estimate of drug-likeness (QED) is 0.746. The zero-order valence-corrected chi connectivity index (χ0v) is 10.00. The molecule has 3 nitrogen and oxygen atoms in total. The topological polar surface area (TPSA) is 46.3 Å². The van der Waals surface area contributed by atoms with Crippen molar-refractivity contribution >= 4 is 10.9 Å². The molecule has 18 heavy (non-hydrogen) atoms. The fourth-order valence-electron chi connectivity index (χ4n) is 2.12. The van der Waals surface area contributed by atoms with Crippen molar-refractivity contribution in [2.24, 2.45) is 0 Å². The maximum atomic E-state index is 10.3. The maximum Gasteiger partial charge on any atom is 0.107 e. The van der Waals surface area contributed by atoms with E-state index in [2.05, 4.69) is 4.98 Å². The molecule has 0 saturated carbocycles. The molecular formula is C15H13NO2. The van der Waals surface area contributed by atoms with Gasteiger partial charge >= 0.3 is 0 Å². The molecule has 1 aromatic carbocycles. The van der Waals surface area contributed by atoms with Crippen LogP contribution in [0.5, 0.6) is 0 Å². The molecule has 0 bridgehead atoms. The van der Waals surface area contributed by atoms with Crippen LogP contribution in [-0.4, -0.2) is 10.1 Å². The van der Waals surface area contributed by atoms with Gasteiger partial charge in [-0.3, -0.25) is 4.98 Å². The van der Waals surface area contributed by atoms with E-state index in [1.54, 1.807) is 18.5 Å². The van der Waals surface area contributed by atoms with Crippen LogP contribution in [0.1, 0.15) is 23.0 Å². The monoisotopic (exact) mass is 239 g/mol. The Morgan fingerprint density at radius 3 is 2.89 bits per heavy atom. The standard InChI is InChI=1S/C15H13NO2/c1-10-13(6-8-18-10)15(17)12-4-5-14-11(9-12)3-2-7-16-14/h2-9,15,17H,1H3. The van der Waals surface area contributed by atoms with Crippen LogP contribution in [0.25, 0.3) is 10.9 Å². The summed E-state index contributed by atoms with van der Waals surface area (Å²) in [5, 5.41) is 11.4. The van der Waals surface area contributed by atoms with Crippen LogP contribution in [0.3, 0.4) is 0 Å². The van der Waals surface area contributed by atoms with Crippen molar-refractivity contribution in [2.75, 3.05) is 0 Å². The Hall–Kier alpha value is -2.13. The molecular weight excluding hydrogens is 226 g/mol. The van der Waals surface area contributed by atoms with Gasteiger partial charge in [-0.1, -0.05) is 12.1 Å². The Kier molecular flexibility index (Phi) is 2.61. The second kappa shape index (κ2) is 4.27. The first-order valence-corrected chi connectivity index (χ1v) is 5.82. The van der Waals surface area contributed by atoms with Crippen molar-refractivity contribution in [1.82, 2.24) is 4.98 Å². The van der Waals surface area contributed by atoms with E-state index >= 15 is 0 Å². The molecule has 90 valence electrons. The summed E-state index contributed by atoms with van der Waals surface area (Å²) in [6.45, 7) is 1.85. The number of aliphatic hydroxyl groups is 1. The van der Waals surface area contributed by atoms with Crippen molar-refractivity contribution in [3.05, 3.63) is 65.7 Å². The first-order chi connectivity index (χ1) is 8.75. The van der Waals surface area contributed by atoms with Crippen molar-refractivity contribution in [3.63, 3.8) is 0 Å². The summed E-state index contributed by atoms with van der Waals surface area (Å²) >= 11 is 0. The van der Waals surface area contributed by atoms with E-state index in [0.29, 0.717) is 0 Å². The van der Waals surface area contributed by atoms with Crippen molar-refractivity contribution in [1.29, 1.82) is 0 Å². The predicted octanol–water partition coefficient (Wildman–Crippen LogP) is 3.22. The summed E-state index contributed by atoms with van der Waals surface area (Å²) in [5.74, 6) is 0.744. The third-order valence-corrected chi connectivity index (χ3v) is 3.14. The summed E-state index contributed by atoms with van der Waals surface area (Å²) < 4.78 is 5.22. The molecule has 0 amide bonds. The first-order valence-electron chi connectivity index (χ1n) is 5.82. The lowest BCUT2D eigenvalue weighted by Gasteiger charge is -2.10. The van der Waals surface area contributed by atoms with Gasteiger partial charge in [0.15, 0.2) is 0 Å². The van der Waals surface area contributed by atoms with Gasteiger partial charge in [0.2, 0.25) is 0 Å². The summed E-state index contributed by atoms with van der Waals surface area (Å²) in [4.78, 5) is 4.26. The number of pyridine rings is 1. The predicted molar refractivity (Wildman–Crippen MR) is 69.2 cm³/mol. The molecule has 0 aliphatic carbocycles. The van der Waals surface area contributed by atoms with Crippen LogP contribution in [0.4, 0.5) is 0 Å². The molecule has 2 aromatic heterocycles. The molecule has 1 N–H and O–H groups in total. The Labute approximate surface area is 105 Å². The van der Waals surface area contributed by atoms with E-state index < -0.39 is 6.10 Å². The van der Waals surface area contributed by atoms with Crippen LogP contribution in [-0.2, 0) is 0 Å². The smallest absolute Gasteiger partial charge is 0.107 e. The van der Waals surface area contributed by atoms with E-state index in [0.717, 1.165) is 27.8 Å². The summed E-state index contributed by atoms with van der Waals surface area (Å²) in [7, 11) is 0. The van der Waals surface area contributed by atoms with E-state index in [9.17, 15) is 5.11 Å². The number of aliphatic hydroxyl groups excluding tert-OH is 1. The molecule has 2 heterocycles. The Bertz CT molecular complexity index is 688. The molecule has 3 rings (SSSR count). The molecule has 0 aliphatic rings. The van der Waals surface area contributed by atoms with Crippen molar-refractivity contribution in [2.45, 2.75) is 13.0 Å². The molecule has 3 heteroatoms. The van der Waals surface area contributed by atoms with Gasteiger partial charge in [-0.05, 0) is 36.8 Å². The highest BCUT2D eigenvalue weighted by Gasteiger charge is 2.15. The van der Waals surface area contributed by atoms with Crippen LogP contribution >= 0.6 is 0 Å². The normalized spacial score (nSPS) is 12.8. The van der Waals surface area contributed by atoms with Gasteiger partial charge in [0.25, 0.3) is 0 Å². The number of rotatable bonds is 2. The van der Waals surface area contributed by atoms with Crippen molar-refractivity contribution < 1.29 is 9.52 Å². The molecule has 0 fully saturated rings. The van der Waals surface area contributed by atoms with E-state index in [1.165, 1.54) is 0 Å². The van der Waals surface area contributed by atoms with Gasteiger partial charge in [0.05, 0.1) is 11.8 Å². The fourth-order valence-corrected chi connectivity index (χ4v) is 2.12. The van der Waals surface area contributed by atoms with E-state index in [1.807, 2.05) is 37.3 Å². The average molecular weight is 239 g/mol. The minimum absolute atomic E-state index is 0.659. The van der Waals surface area contributed by atoms with Crippen LogP contribution in [0.15, 0.2) is 53.3 Å². The third kappa shape index (κ3) is 1.79. The van der Waals surface area contributed by atoms with Crippen LogP contribution in [0.2, 0.25) is 0 Å². The number of furan rings is 1. The zero-order chi connectivity index (χ0) is 12.5. The molecule has 1 unspecified atom stereocenters. The second-order valence-corrected chi connectivity index (χ2v) is 4.29. The van der Waals surface area contributed by atoms with Gasteiger partial charge in [-0.25, -0.2) is 0 Å². The lowest BCUT2D eigenvalue weighted by Crippen LogP contribution is -1.99. The zero-order valence-electron chi connectivity index (χ0n) is 10.00. The minimum atomic E-state index is -0.659. The Morgan fingerprint density at radius 2 is 2.11 bits per heavy atom. The van der Waals surface area contributed by atoms with Gasteiger partial charge in [-0.2, -0.15) is 0 Å². The largest absolute Gasteiger partial charge is 0.469 e. The second-order valence-electron chi connectivity index (χ2n) is 4.29. The van der Waals surface area contributed by atoms with Crippen LogP contribution < -0.4 is 0 Å². The highest BCUT2D eigenvalue weighted by molar-refractivity contribution is 5.79. The van der Waals surface area contributed by atoms with Gasteiger partial charge < -0.3 is 9.52 Å². The van der Waals surface area contributed by atoms with E-state index in [-0.39, 0.29) is 0 Å². The van der Waals surface area contributed by atoms with Gasteiger partial charge in [-0.15, -0.1) is 0 Å². The molecule has 1 atom stereocenters. The highest BCUT2D eigenvalue weighted by atomic mass is 16.3. The number of hydrogen-bond donors (Lipinski definition) is 1. The number of fused-ring (bicyclic) bond motifs is 1. The van der Waals surface area contributed by atoms with Gasteiger partial charge in [0, 0.05) is 17.1 Å². The first kappa shape index (κ1) is 11.0. The summed E-state index contributed by atoms with van der Waals surface area (Å²) in [6.07, 6.45) is 2.70. The lowest BCUT2D eigenvalue weighted by atomic mass is 10.0. The van der Waals surface area contributed by atoms with E-state index in [4.69, 9.17) is 4.42 Å². The molecule has 0 aliphatic heterocycles. The van der Waals surface area contributed by atoms with Gasteiger partial charge in [0.1, 0.15) is 11.9 Å². The Morgan fingerprint density at radius 1 is 1.22 bits per heavy atom. The minimum Gasteiger partial charge on any atom is -0.469 e. The number of hydrogen-bond acceptors (Lipinski definition) is 3. The fraction of sp³-hybridized carbons (Fsp3) is 0.133. The highest BCUT2D eigenvalue weighted by Crippen LogP contribution is 2.27. The molecule has 0 saturated heterocycles.